The van der Waals surface area contributed by atoms with Crippen molar-refractivity contribution in [1.82, 2.24) is 5.32 Å². The van der Waals surface area contributed by atoms with Crippen molar-refractivity contribution >= 4 is 0 Å². The van der Waals surface area contributed by atoms with Crippen molar-refractivity contribution in [1.29, 1.82) is 0 Å². The monoisotopic (exact) mass is 297 g/mol. The van der Waals surface area contributed by atoms with Gasteiger partial charge in [0, 0.05) is 17.5 Å². The standard InChI is InChI=1S/C17H22F3N/c1-15(2,3)21-12-16(9-4-5-10-16)13-7-6-8-14(11-13)17(18,19)20/h4-8,11,21H,9-10,12H2,1-3H3. The molecule has 1 aromatic rings. The van der Waals surface area contributed by atoms with Crippen molar-refractivity contribution in [2.24, 2.45) is 0 Å². The number of rotatable bonds is 3. The molecule has 116 valence electrons. The second kappa shape index (κ2) is 5.48. The number of alkyl halides is 3. The molecule has 0 radical (unpaired) electrons. The zero-order valence-corrected chi connectivity index (χ0v) is 12.7. The van der Waals surface area contributed by atoms with Crippen LogP contribution in [0.4, 0.5) is 13.2 Å². The maximum Gasteiger partial charge on any atom is 0.416 e. The molecule has 0 spiro atoms. The van der Waals surface area contributed by atoms with E-state index in [4.69, 9.17) is 0 Å². The molecule has 0 amide bonds. The van der Waals surface area contributed by atoms with Gasteiger partial charge in [0.1, 0.15) is 0 Å². The second-order valence-electron chi connectivity index (χ2n) is 6.84. The fraction of sp³-hybridized carbons (Fsp3) is 0.529. The third-order valence-electron chi connectivity index (χ3n) is 3.94. The molecule has 21 heavy (non-hydrogen) atoms. The van der Waals surface area contributed by atoms with Gasteiger partial charge in [-0.3, -0.25) is 0 Å². The Morgan fingerprint density at radius 3 is 2.24 bits per heavy atom. The first-order valence-corrected chi connectivity index (χ1v) is 7.20. The van der Waals surface area contributed by atoms with Crippen molar-refractivity contribution in [3.63, 3.8) is 0 Å². The Hall–Kier alpha value is -1.29. The quantitative estimate of drug-likeness (QED) is 0.799. The molecule has 0 saturated carbocycles. The molecular formula is C17H22F3N. The Bertz CT molecular complexity index is 516. The van der Waals surface area contributed by atoms with E-state index in [1.807, 2.05) is 6.07 Å². The summed E-state index contributed by atoms with van der Waals surface area (Å²) in [5, 5.41) is 3.44. The lowest BCUT2D eigenvalue weighted by molar-refractivity contribution is -0.137. The maximum atomic E-state index is 12.9. The molecule has 0 unspecified atom stereocenters. The molecule has 1 N–H and O–H groups in total. The number of hydrogen-bond acceptors (Lipinski definition) is 1. The molecule has 2 rings (SSSR count). The molecule has 0 aliphatic heterocycles. The summed E-state index contributed by atoms with van der Waals surface area (Å²) >= 11 is 0. The lowest BCUT2D eigenvalue weighted by Gasteiger charge is -2.34. The van der Waals surface area contributed by atoms with Gasteiger partial charge in [-0.2, -0.15) is 13.2 Å². The van der Waals surface area contributed by atoms with Crippen molar-refractivity contribution in [2.45, 2.75) is 50.7 Å². The second-order valence-corrected chi connectivity index (χ2v) is 6.84. The van der Waals surface area contributed by atoms with E-state index < -0.39 is 11.7 Å². The zero-order valence-electron chi connectivity index (χ0n) is 12.7. The largest absolute Gasteiger partial charge is 0.416 e. The van der Waals surface area contributed by atoms with Crippen LogP contribution in [-0.2, 0) is 11.6 Å². The van der Waals surface area contributed by atoms with Gasteiger partial charge in [-0.1, -0.05) is 30.4 Å². The van der Waals surface area contributed by atoms with Crippen LogP contribution < -0.4 is 5.32 Å². The number of allylic oxidation sites excluding steroid dienone is 2. The van der Waals surface area contributed by atoms with Crippen LogP contribution in [0.3, 0.4) is 0 Å². The number of halogens is 3. The molecule has 0 aromatic heterocycles. The van der Waals surface area contributed by atoms with Gasteiger partial charge in [0.05, 0.1) is 5.56 Å². The molecule has 0 atom stereocenters. The first kappa shape index (κ1) is 16.1. The lowest BCUT2D eigenvalue weighted by atomic mass is 9.77. The summed E-state index contributed by atoms with van der Waals surface area (Å²) in [6.45, 7) is 6.87. The van der Waals surface area contributed by atoms with Crippen LogP contribution in [0, 0.1) is 0 Å². The predicted molar refractivity (Wildman–Crippen MR) is 79.3 cm³/mol. The normalized spacial score (nSPS) is 18.2. The Morgan fingerprint density at radius 1 is 1.10 bits per heavy atom. The van der Waals surface area contributed by atoms with E-state index in [-0.39, 0.29) is 11.0 Å². The van der Waals surface area contributed by atoms with E-state index in [2.05, 4.69) is 38.2 Å². The average Bonchev–Trinajstić information content (AvgIpc) is 2.85. The summed E-state index contributed by atoms with van der Waals surface area (Å²) in [7, 11) is 0. The molecule has 0 heterocycles. The summed E-state index contributed by atoms with van der Waals surface area (Å²) in [5.74, 6) is 0. The van der Waals surface area contributed by atoms with E-state index in [1.165, 1.54) is 12.1 Å². The van der Waals surface area contributed by atoms with Crippen LogP contribution in [0.25, 0.3) is 0 Å². The van der Waals surface area contributed by atoms with Gasteiger partial charge in [0.2, 0.25) is 0 Å². The summed E-state index contributed by atoms with van der Waals surface area (Å²) in [4.78, 5) is 0. The summed E-state index contributed by atoms with van der Waals surface area (Å²) in [6.07, 6.45) is 1.38. The third-order valence-corrected chi connectivity index (χ3v) is 3.94. The van der Waals surface area contributed by atoms with Crippen molar-refractivity contribution in [3.05, 3.63) is 47.5 Å². The molecule has 0 bridgehead atoms. The highest BCUT2D eigenvalue weighted by Gasteiger charge is 2.36. The molecule has 1 nitrogen and oxygen atoms in total. The van der Waals surface area contributed by atoms with Crippen molar-refractivity contribution in [2.75, 3.05) is 6.54 Å². The number of nitrogens with one attached hydrogen (secondary N) is 1. The lowest BCUT2D eigenvalue weighted by Crippen LogP contribution is -2.45. The van der Waals surface area contributed by atoms with Crippen LogP contribution in [0.5, 0.6) is 0 Å². The van der Waals surface area contributed by atoms with Gasteiger partial charge in [0.15, 0.2) is 0 Å². The van der Waals surface area contributed by atoms with Crippen LogP contribution in [-0.4, -0.2) is 12.1 Å². The van der Waals surface area contributed by atoms with Gasteiger partial charge in [-0.05, 0) is 45.2 Å². The van der Waals surface area contributed by atoms with E-state index in [0.717, 1.165) is 24.5 Å². The number of hydrogen-bond donors (Lipinski definition) is 1. The Morgan fingerprint density at radius 2 is 1.71 bits per heavy atom. The van der Waals surface area contributed by atoms with Crippen LogP contribution in [0.15, 0.2) is 36.4 Å². The van der Waals surface area contributed by atoms with E-state index in [0.29, 0.717) is 6.54 Å². The fourth-order valence-corrected chi connectivity index (χ4v) is 2.64. The first-order chi connectivity index (χ1) is 9.62. The molecule has 0 saturated heterocycles. The van der Waals surface area contributed by atoms with Crippen LogP contribution >= 0.6 is 0 Å². The van der Waals surface area contributed by atoms with E-state index in [9.17, 15) is 13.2 Å². The highest BCUT2D eigenvalue weighted by atomic mass is 19.4. The Balaban J connectivity index is 2.30. The van der Waals surface area contributed by atoms with Crippen LogP contribution in [0.2, 0.25) is 0 Å². The van der Waals surface area contributed by atoms with Gasteiger partial charge in [-0.25, -0.2) is 0 Å². The molecule has 0 fully saturated rings. The van der Waals surface area contributed by atoms with Gasteiger partial charge in [0.25, 0.3) is 0 Å². The summed E-state index contributed by atoms with van der Waals surface area (Å²) in [5.41, 5.74) is -0.132. The van der Waals surface area contributed by atoms with Gasteiger partial charge >= 0.3 is 6.18 Å². The smallest absolute Gasteiger partial charge is 0.311 e. The molecule has 1 aliphatic rings. The Kier molecular flexibility index (Phi) is 4.20. The number of benzene rings is 1. The zero-order chi connectivity index (χ0) is 15.7. The molecule has 4 heteroatoms. The summed E-state index contributed by atoms with van der Waals surface area (Å²) in [6, 6.07) is 5.76. The van der Waals surface area contributed by atoms with Crippen molar-refractivity contribution in [3.8, 4) is 0 Å². The van der Waals surface area contributed by atoms with Gasteiger partial charge in [-0.15, -0.1) is 0 Å². The Labute approximate surface area is 124 Å². The predicted octanol–water partition coefficient (Wildman–Crippen LogP) is 4.68. The molecule has 1 aromatic carbocycles. The third kappa shape index (κ3) is 3.88. The fourth-order valence-electron chi connectivity index (χ4n) is 2.64. The topological polar surface area (TPSA) is 12.0 Å². The minimum Gasteiger partial charge on any atom is -0.311 e. The SMILES string of the molecule is CC(C)(C)NCC1(c2cccc(C(F)(F)F)c2)CC=CC1. The highest BCUT2D eigenvalue weighted by molar-refractivity contribution is 5.35. The van der Waals surface area contributed by atoms with Crippen LogP contribution in [0.1, 0.15) is 44.7 Å². The maximum absolute atomic E-state index is 12.9. The van der Waals surface area contributed by atoms with E-state index >= 15 is 0 Å². The van der Waals surface area contributed by atoms with E-state index in [1.54, 1.807) is 0 Å². The summed E-state index contributed by atoms with van der Waals surface area (Å²) < 4.78 is 38.8. The van der Waals surface area contributed by atoms with Crippen molar-refractivity contribution < 1.29 is 13.2 Å². The minimum atomic E-state index is -4.29. The molecular weight excluding hydrogens is 275 g/mol. The van der Waals surface area contributed by atoms with Gasteiger partial charge < -0.3 is 5.32 Å². The average molecular weight is 297 g/mol. The first-order valence-electron chi connectivity index (χ1n) is 7.20. The molecule has 1 aliphatic carbocycles. The highest BCUT2D eigenvalue weighted by Crippen LogP contribution is 2.39. The minimum absolute atomic E-state index is 0.0583.